The van der Waals surface area contributed by atoms with Crippen LogP contribution in [-0.2, 0) is 6.18 Å². The monoisotopic (exact) mass is 281 g/mol. The van der Waals surface area contributed by atoms with E-state index in [0.29, 0.717) is 0 Å². The van der Waals surface area contributed by atoms with Crippen molar-refractivity contribution in [3.05, 3.63) is 53.6 Å². The van der Waals surface area contributed by atoms with Gasteiger partial charge in [0.2, 0.25) is 5.91 Å². The second-order valence-electron chi connectivity index (χ2n) is 4.14. The second kappa shape index (κ2) is 4.88. The van der Waals surface area contributed by atoms with E-state index in [1.54, 1.807) is 0 Å². The highest BCUT2D eigenvalue weighted by Crippen LogP contribution is 2.39. The third-order valence-corrected chi connectivity index (χ3v) is 2.79. The zero-order chi connectivity index (χ0) is 14.9. The average Bonchev–Trinajstić information content (AvgIpc) is 2.37. The van der Waals surface area contributed by atoms with Crippen LogP contribution in [0.2, 0.25) is 0 Å². The zero-order valence-corrected chi connectivity index (χ0v) is 10.1. The smallest absolute Gasteiger partial charge is 0.417 e. The van der Waals surface area contributed by atoms with E-state index in [4.69, 9.17) is 5.73 Å². The number of hydrogen-bond acceptors (Lipinski definition) is 2. The normalized spacial score (nSPS) is 11.3. The molecule has 0 heterocycles. The summed E-state index contributed by atoms with van der Waals surface area (Å²) >= 11 is 0. The van der Waals surface area contributed by atoms with E-state index in [1.807, 2.05) is 0 Å². The minimum absolute atomic E-state index is 0.0617. The van der Waals surface area contributed by atoms with Gasteiger partial charge in [0.25, 0.3) is 0 Å². The number of nitrogens with two attached hydrogens (primary N) is 1. The summed E-state index contributed by atoms with van der Waals surface area (Å²) in [6, 6.07) is 8.84. The molecule has 20 heavy (non-hydrogen) atoms. The number of carbonyl (C=O) groups is 1. The summed E-state index contributed by atoms with van der Waals surface area (Å²) in [5, 5.41) is 9.18. The minimum Gasteiger partial charge on any atom is -0.508 e. The van der Waals surface area contributed by atoms with Crippen molar-refractivity contribution in [3.63, 3.8) is 0 Å². The van der Waals surface area contributed by atoms with Crippen LogP contribution in [0.15, 0.2) is 42.5 Å². The number of rotatable bonds is 2. The maximum atomic E-state index is 13.2. The van der Waals surface area contributed by atoms with Crippen molar-refractivity contribution in [3.8, 4) is 16.9 Å². The van der Waals surface area contributed by atoms with Gasteiger partial charge in [0.1, 0.15) is 5.75 Å². The van der Waals surface area contributed by atoms with Crippen molar-refractivity contribution < 1.29 is 23.1 Å². The minimum atomic E-state index is -4.71. The van der Waals surface area contributed by atoms with Gasteiger partial charge in [-0.15, -0.1) is 0 Å². The number of phenolic OH excluding ortho intramolecular Hbond substituents is 1. The fourth-order valence-corrected chi connectivity index (χ4v) is 1.94. The highest BCUT2D eigenvalue weighted by Gasteiger charge is 2.37. The average molecular weight is 281 g/mol. The predicted octanol–water partition coefficient (Wildman–Crippen LogP) is 3.18. The molecule has 3 nitrogen and oxygen atoms in total. The quantitative estimate of drug-likeness (QED) is 0.888. The lowest BCUT2D eigenvalue weighted by atomic mass is 9.94. The fourth-order valence-electron chi connectivity index (χ4n) is 1.94. The first-order valence-corrected chi connectivity index (χ1v) is 5.60. The number of alkyl halides is 3. The van der Waals surface area contributed by atoms with Gasteiger partial charge in [0, 0.05) is 0 Å². The number of hydrogen-bond donors (Lipinski definition) is 2. The van der Waals surface area contributed by atoms with Crippen LogP contribution in [0.5, 0.6) is 5.75 Å². The summed E-state index contributed by atoms with van der Waals surface area (Å²) in [6.45, 7) is 0. The molecular weight excluding hydrogens is 271 g/mol. The number of carbonyl (C=O) groups excluding carboxylic acids is 1. The van der Waals surface area contributed by atoms with Gasteiger partial charge in [-0.05, 0) is 29.3 Å². The Morgan fingerprint density at radius 3 is 2.15 bits per heavy atom. The largest absolute Gasteiger partial charge is 0.508 e. The standard InChI is InChI=1S/C14H10F3NO2/c15-14(16,17)12-10(2-1-3-11(12)13(18)20)8-4-6-9(19)7-5-8/h1-7,19H,(H2,18,20). The Morgan fingerprint density at radius 2 is 1.65 bits per heavy atom. The molecule has 0 aromatic heterocycles. The van der Waals surface area contributed by atoms with Gasteiger partial charge in [-0.1, -0.05) is 24.3 Å². The van der Waals surface area contributed by atoms with Crippen LogP contribution < -0.4 is 5.73 Å². The molecular formula is C14H10F3NO2. The number of phenols is 1. The van der Waals surface area contributed by atoms with Crippen LogP contribution in [0.4, 0.5) is 13.2 Å². The summed E-state index contributed by atoms with van der Waals surface area (Å²) in [7, 11) is 0. The number of primary amides is 1. The Bertz CT molecular complexity index is 648. The highest BCUT2D eigenvalue weighted by molar-refractivity contribution is 5.96. The summed E-state index contributed by atoms with van der Waals surface area (Å²) in [5.41, 5.74) is 3.43. The lowest BCUT2D eigenvalue weighted by Crippen LogP contribution is -2.19. The molecule has 104 valence electrons. The van der Waals surface area contributed by atoms with Gasteiger partial charge in [-0.2, -0.15) is 13.2 Å². The van der Waals surface area contributed by atoms with E-state index in [1.165, 1.54) is 36.4 Å². The maximum absolute atomic E-state index is 13.2. The van der Waals surface area contributed by atoms with E-state index < -0.39 is 23.2 Å². The van der Waals surface area contributed by atoms with Gasteiger partial charge in [-0.25, -0.2) is 0 Å². The van der Waals surface area contributed by atoms with Crippen LogP contribution in [0.25, 0.3) is 11.1 Å². The number of amides is 1. The number of benzene rings is 2. The van der Waals surface area contributed by atoms with Gasteiger partial charge in [0.15, 0.2) is 0 Å². The van der Waals surface area contributed by atoms with Crippen molar-refractivity contribution in [1.82, 2.24) is 0 Å². The lowest BCUT2D eigenvalue weighted by molar-refractivity contribution is -0.137. The number of halogens is 3. The van der Waals surface area contributed by atoms with E-state index in [2.05, 4.69) is 0 Å². The molecule has 0 saturated carbocycles. The molecule has 0 fully saturated rings. The highest BCUT2D eigenvalue weighted by atomic mass is 19.4. The molecule has 6 heteroatoms. The van der Waals surface area contributed by atoms with Crippen molar-refractivity contribution >= 4 is 5.91 Å². The molecule has 0 aliphatic carbocycles. The molecule has 0 aliphatic rings. The molecule has 2 aromatic rings. The molecule has 0 bridgehead atoms. The Balaban J connectivity index is 2.73. The molecule has 0 radical (unpaired) electrons. The van der Waals surface area contributed by atoms with Gasteiger partial charge < -0.3 is 10.8 Å². The maximum Gasteiger partial charge on any atom is 0.417 e. The van der Waals surface area contributed by atoms with Crippen LogP contribution in [0, 0.1) is 0 Å². The lowest BCUT2D eigenvalue weighted by Gasteiger charge is -2.16. The van der Waals surface area contributed by atoms with E-state index in [0.717, 1.165) is 6.07 Å². The van der Waals surface area contributed by atoms with Crippen molar-refractivity contribution in [2.24, 2.45) is 5.73 Å². The molecule has 0 saturated heterocycles. The first kappa shape index (κ1) is 13.9. The Hall–Kier alpha value is -2.50. The fraction of sp³-hybridized carbons (Fsp3) is 0.0714. The van der Waals surface area contributed by atoms with E-state index in [-0.39, 0.29) is 16.9 Å². The first-order chi connectivity index (χ1) is 9.30. The number of aromatic hydroxyl groups is 1. The van der Waals surface area contributed by atoms with E-state index in [9.17, 15) is 23.1 Å². The Morgan fingerprint density at radius 1 is 1.05 bits per heavy atom. The first-order valence-electron chi connectivity index (χ1n) is 5.60. The summed E-state index contributed by atoms with van der Waals surface area (Å²) in [4.78, 5) is 11.2. The molecule has 0 atom stereocenters. The summed E-state index contributed by atoms with van der Waals surface area (Å²) < 4.78 is 39.5. The van der Waals surface area contributed by atoms with Gasteiger partial charge >= 0.3 is 6.18 Å². The van der Waals surface area contributed by atoms with Crippen molar-refractivity contribution in [1.29, 1.82) is 0 Å². The molecule has 0 aliphatic heterocycles. The topological polar surface area (TPSA) is 63.3 Å². The molecule has 2 rings (SSSR count). The molecule has 1 amide bonds. The van der Waals surface area contributed by atoms with Crippen molar-refractivity contribution in [2.75, 3.05) is 0 Å². The van der Waals surface area contributed by atoms with Crippen LogP contribution in [0.1, 0.15) is 15.9 Å². The molecule has 2 aromatic carbocycles. The van der Waals surface area contributed by atoms with E-state index >= 15 is 0 Å². The second-order valence-corrected chi connectivity index (χ2v) is 4.14. The predicted molar refractivity (Wildman–Crippen MR) is 67.1 cm³/mol. The molecule has 3 N–H and O–H groups in total. The molecule has 0 unspecified atom stereocenters. The molecule has 0 spiro atoms. The third kappa shape index (κ3) is 2.59. The Kier molecular flexibility index (Phi) is 3.40. The summed E-state index contributed by atoms with van der Waals surface area (Å²) in [5.74, 6) is -1.20. The van der Waals surface area contributed by atoms with Crippen LogP contribution >= 0.6 is 0 Å². The zero-order valence-electron chi connectivity index (χ0n) is 10.1. The van der Waals surface area contributed by atoms with Crippen molar-refractivity contribution in [2.45, 2.75) is 6.18 Å². The Labute approximate surface area is 112 Å². The summed E-state index contributed by atoms with van der Waals surface area (Å²) in [6.07, 6.45) is -4.71. The third-order valence-electron chi connectivity index (χ3n) is 2.79. The van der Waals surface area contributed by atoms with Crippen LogP contribution in [-0.4, -0.2) is 11.0 Å². The SMILES string of the molecule is NC(=O)c1cccc(-c2ccc(O)cc2)c1C(F)(F)F. The van der Waals surface area contributed by atoms with Crippen LogP contribution in [0.3, 0.4) is 0 Å². The van der Waals surface area contributed by atoms with Gasteiger partial charge in [0.05, 0.1) is 11.1 Å². The van der Waals surface area contributed by atoms with Gasteiger partial charge in [-0.3, -0.25) is 4.79 Å².